The highest BCUT2D eigenvalue weighted by atomic mass is 16.1. The highest BCUT2D eigenvalue weighted by molar-refractivity contribution is 6.05. The van der Waals surface area contributed by atoms with Crippen LogP contribution in [0, 0.1) is 0 Å². The van der Waals surface area contributed by atoms with Crippen LogP contribution in [0.4, 0.5) is 5.69 Å². The summed E-state index contributed by atoms with van der Waals surface area (Å²) in [5.41, 5.74) is 3.43. The van der Waals surface area contributed by atoms with Gasteiger partial charge in [0.05, 0.1) is 11.9 Å². The van der Waals surface area contributed by atoms with Crippen molar-refractivity contribution in [2.24, 2.45) is 0 Å². The number of carbonyl (C=O) groups excluding carboxylic acids is 1. The molecule has 0 aliphatic carbocycles. The number of allylic oxidation sites excluding steroid dienone is 1. The van der Waals surface area contributed by atoms with Crippen LogP contribution in [0.25, 0.3) is 6.08 Å². The van der Waals surface area contributed by atoms with Crippen molar-refractivity contribution in [3.05, 3.63) is 59.7 Å². The molecule has 120 valence electrons. The van der Waals surface area contributed by atoms with E-state index >= 15 is 0 Å². The third-order valence-corrected chi connectivity index (χ3v) is 3.58. The van der Waals surface area contributed by atoms with Crippen LogP contribution in [0.1, 0.15) is 41.5 Å². The minimum atomic E-state index is -0.128. The Bertz CT molecular complexity index is 658. The molecule has 0 unspecified atom stereocenters. The van der Waals surface area contributed by atoms with Crippen LogP contribution in [-0.4, -0.2) is 29.8 Å². The van der Waals surface area contributed by atoms with Crippen molar-refractivity contribution in [1.82, 2.24) is 9.97 Å². The normalized spacial score (nSPS) is 10.9. The van der Waals surface area contributed by atoms with Crippen LogP contribution in [-0.2, 0) is 6.42 Å². The van der Waals surface area contributed by atoms with Gasteiger partial charge in [-0.15, -0.1) is 0 Å². The number of nitrogens with zero attached hydrogens (tertiary/aromatic N) is 3. The Morgan fingerprint density at radius 2 is 1.87 bits per heavy atom. The summed E-state index contributed by atoms with van der Waals surface area (Å²) in [7, 11) is 3.99. The number of carbonyl (C=O) groups is 1. The quantitative estimate of drug-likeness (QED) is 0.577. The summed E-state index contributed by atoms with van der Waals surface area (Å²) in [5, 5.41) is 0. The van der Waals surface area contributed by atoms with E-state index in [1.165, 1.54) is 0 Å². The van der Waals surface area contributed by atoms with E-state index in [4.69, 9.17) is 0 Å². The van der Waals surface area contributed by atoms with E-state index in [9.17, 15) is 4.79 Å². The van der Waals surface area contributed by atoms with E-state index in [0.29, 0.717) is 5.69 Å². The fourth-order valence-electron chi connectivity index (χ4n) is 2.11. The largest absolute Gasteiger partial charge is 0.378 e. The maximum absolute atomic E-state index is 12.1. The van der Waals surface area contributed by atoms with Gasteiger partial charge in [-0.2, -0.15) is 0 Å². The van der Waals surface area contributed by atoms with Crippen LogP contribution < -0.4 is 4.90 Å². The molecule has 0 bridgehead atoms. The van der Waals surface area contributed by atoms with Gasteiger partial charge in [-0.05, 0) is 36.6 Å². The van der Waals surface area contributed by atoms with Gasteiger partial charge in [0.25, 0.3) is 0 Å². The topological polar surface area (TPSA) is 46.1 Å². The monoisotopic (exact) mass is 309 g/mol. The Kier molecular flexibility index (Phi) is 6.03. The predicted octanol–water partition coefficient (Wildman–Crippen LogP) is 3.78. The van der Waals surface area contributed by atoms with Crippen molar-refractivity contribution in [3.8, 4) is 0 Å². The van der Waals surface area contributed by atoms with Crippen molar-refractivity contribution >= 4 is 17.5 Å². The number of aromatic nitrogens is 2. The molecule has 2 aromatic rings. The molecule has 1 aromatic heterocycles. The lowest BCUT2D eigenvalue weighted by Crippen LogP contribution is -2.07. The molecule has 0 spiro atoms. The zero-order valence-electron chi connectivity index (χ0n) is 14.0. The number of ketones is 1. The molecule has 0 aliphatic rings. The van der Waals surface area contributed by atoms with E-state index in [-0.39, 0.29) is 5.78 Å². The lowest BCUT2D eigenvalue weighted by atomic mass is 10.1. The molecule has 0 amide bonds. The standard InChI is InChI=1S/C19H23N3O/c1-4-5-6-16-13-21-18(14-20-16)19(23)12-9-15-7-10-17(11-8-15)22(2)3/h7-14H,4-6H2,1-3H3/b12-9+. The van der Waals surface area contributed by atoms with Crippen LogP contribution in [0.5, 0.6) is 0 Å². The summed E-state index contributed by atoms with van der Waals surface area (Å²) in [6.07, 6.45) is 9.72. The van der Waals surface area contributed by atoms with E-state index in [0.717, 1.165) is 36.2 Å². The first-order valence-corrected chi connectivity index (χ1v) is 7.91. The molecule has 0 N–H and O–H groups in total. The SMILES string of the molecule is CCCCc1cnc(C(=O)/C=C/c2ccc(N(C)C)cc2)cn1. The van der Waals surface area contributed by atoms with Crippen molar-refractivity contribution in [1.29, 1.82) is 0 Å². The summed E-state index contributed by atoms with van der Waals surface area (Å²) in [6.45, 7) is 2.14. The second kappa shape index (κ2) is 8.22. The van der Waals surface area contributed by atoms with Crippen molar-refractivity contribution in [2.45, 2.75) is 26.2 Å². The predicted molar refractivity (Wildman–Crippen MR) is 94.8 cm³/mol. The lowest BCUT2D eigenvalue weighted by molar-refractivity contribution is 0.104. The first-order chi connectivity index (χ1) is 11.1. The van der Waals surface area contributed by atoms with E-state index in [1.807, 2.05) is 43.3 Å². The van der Waals surface area contributed by atoms with Crippen LogP contribution in [0.3, 0.4) is 0 Å². The first kappa shape index (κ1) is 16.9. The summed E-state index contributed by atoms with van der Waals surface area (Å²) in [6, 6.07) is 8.01. The van der Waals surface area contributed by atoms with Crippen molar-refractivity contribution < 1.29 is 4.79 Å². The van der Waals surface area contributed by atoms with Crippen LogP contribution >= 0.6 is 0 Å². The Morgan fingerprint density at radius 1 is 1.13 bits per heavy atom. The third kappa shape index (κ3) is 5.02. The Morgan fingerprint density at radius 3 is 2.43 bits per heavy atom. The summed E-state index contributed by atoms with van der Waals surface area (Å²) in [5.74, 6) is -0.128. The summed E-state index contributed by atoms with van der Waals surface area (Å²) in [4.78, 5) is 22.7. The van der Waals surface area contributed by atoms with Gasteiger partial charge in [0.2, 0.25) is 5.78 Å². The lowest BCUT2D eigenvalue weighted by Gasteiger charge is -2.11. The molecule has 0 saturated heterocycles. The first-order valence-electron chi connectivity index (χ1n) is 7.91. The highest BCUT2D eigenvalue weighted by Crippen LogP contribution is 2.13. The number of benzene rings is 1. The minimum absolute atomic E-state index is 0.128. The Labute approximate surface area is 137 Å². The Hall–Kier alpha value is -2.49. The smallest absolute Gasteiger partial charge is 0.205 e. The average molecular weight is 309 g/mol. The van der Waals surface area contributed by atoms with Crippen LogP contribution in [0.2, 0.25) is 0 Å². The van der Waals surface area contributed by atoms with Gasteiger partial charge >= 0.3 is 0 Å². The molecule has 2 rings (SSSR count). The molecule has 1 aromatic carbocycles. The molecule has 0 radical (unpaired) electrons. The van der Waals surface area contributed by atoms with Gasteiger partial charge in [-0.3, -0.25) is 9.78 Å². The molecule has 1 heterocycles. The van der Waals surface area contributed by atoms with Gasteiger partial charge in [0.15, 0.2) is 0 Å². The highest BCUT2D eigenvalue weighted by Gasteiger charge is 2.04. The van der Waals surface area contributed by atoms with Crippen molar-refractivity contribution in [2.75, 3.05) is 19.0 Å². The summed E-state index contributed by atoms with van der Waals surface area (Å²) >= 11 is 0. The molecule has 4 heteroatoms. The number of aryl methyl sites for hydroxylation is 1. The number of rotatable bonds is 7. The van der Waals surface area contributed by atoms with Gasteiger partial charge in [-0.25, -0.2) is 4.98 Å². The number of anilines is 1. The number of hydrogen-bond donors (Lipinski definition) is 0. The van der Waals surface area contributed by atoms with Gasteiger partial charge in [-0.1, -0.05) is 31.6 Å². The van der Waals surface area contributed by atoms with Gasteiger partial charge in [0.1, 0.15) is 5.69 Å². The summed E-state index contributed by atoms with van der Waals surface area (Å²) < 4.78 is 0. The maximum Gasteiger partial charge on any atom is 0.205 e. The minimum Gasteiger partial charge on any atom is -0.378 e. The van der Waals surface area contributed by atoms with Crippen LogP contribution in [0.15, 0.2) is 42.7 Å². The Balaban J connectivity index is 2.00. The molecule has 0 fully saturated rings. The molecular weight excluding hydrogens is 286 g/mol. The number of hydrogen-bond acceptors (Lipinski definition) is 4. The fraction of sp³-hybridized carbons (Fsp3) is 0.316. The fourth-order valence-corrected chi connectivity index (χ4v) is 2.11. The zero-order chi connectivity index (χ0) is 16.7. The molecule has 0 atom stereocenters. The van der Waals surface area contributed by atoms with E-state index in [1.54, 1.807) is 24.5 Å². The second-order valence-corrected chi connectivity index (χ2v) is 5.68. The van der Waals surface area contributed by atoms with Gasteiger partial charge < -0.3 is 4.90 Å². The molecule has 4 nitrogen and oxygen atoms in total. The molecular formula is C19H23N3O. The second-order valence-electron chi connectivity index (χ2n) is 5.68. The average Bonchev–Trinajstić information content (AvgIpc) is 2.58. The van der Waals surface area contributed by atoms with Gasteiger partial charge in [0, 0.05) is 26.0 Å². The van der Waals surface area contributed by atoms with E-state index in [2.05, 4.69) is 16.9 Å². The molecule has 0 aliphatic heterocycles. The van der Waals surface area contributed by atoms with E-state index < -0.39 is 0 Å². The number of unbranched alkanes of at least 4 members (excludes halogenated alkanes) is 1. The maximum atomic E-state index is 12.1. The molecule has 0 saturated carbocycles. The third-order valence-electron chi connectivity index (χ3n) is 3.58. The zero-order valence-corrected chi connectivity index (χ0v) is 14.0. The van der Waals surface area contributed by atoms with Crippen molar-refractivity contribution in [3.63, 3.8) is 0 Å². The molecule has 23 heavy (non-hydrogen) atoms.